The van der Waals surface area contributed by atoms with E-state index in [0.29, 0.717) is 0 Å². The molecule has 0 fully saturated rings. The Bertz CT molecular complexity index is 1040. The van der Waals surface area contributed by atoms with Crippen molar-refractivity contribution in [3.63, 3.8) is 0 Å². The molecular weight excluding hydrogens is 384 g/mol. The minimum absolute atomic E-state index is 0.768. The molecule has 0 amide bonds. The Hall–Kier alpha value is -3.35. The van der Waals surface area contributed by atoms with Crippen LogP contribution in [0.3, 0.4) is 0 Å². The van der Waals surface area contributed by atoms with Gasteiger partial charge in [-0.05, 0) is 42.3 Å². The van der Waals surface area contributed by atoms with Gasteiger partial charge in [0.1, 0.15) is 0 Å². The van der Waals surface area contributed by atoms with E-state index >= 15 is 0 Å². The Morgan fingerprint density at radius 3 is 2.10 bits per heavy atom. The third kappa shape index (κ3) is 6.31. The molecule has 2 N–H and O–H groups in total. The SMILES string of the molecule is Cc1nc[nH]c1CN(Cc1ccc(CNCc2ccccn2)cc1)Cc1ccccn1. The van der Waals surface area contributed by atoms with E-state index in [0.717, 1.165) is 55.5 Å². The van der Waals surface area contributed by atoms with Crippen molar-refractivity contribution in [2.75, 3.05) is 0 Å². The lowest BCUT2D eigenvalue weighted by Gasteiger charge is -2.22. The van der Waals surface area contributed by atoms with E-state index in [4.69, 9.17) is 0 Å². The summed E-state index contributed by atoms with van der Waals surface area (Å²) in [6.45, 7) is 6.06. The van der Waals surface area contributed by atoms with Crippen LogP contribution in [-0.2, 0) is 32.7 Å². The molecule has 0 spiro atoms. The van der Waals surface area contributed by atoms with Gasteiger partial charge in [-0.3, -0.25) is 14.9 Å². The zero-order valence-corrected chi connectivity index (χ0v) is 17.8. The maximum absolute atomic E-state index is 4.50. The Balaban J connectivity index is 1.37. The zero-order valence-electron chi connectivity index (χ0n) is 17.8. The van der Waals surface area contributed by atoms with Crippen LogP contribution in [0.5, 0.6) is 0 Å². The first-order valence-corrected chi connectivity index (χ1v) is 10.6. The fourth-order valence-electron chi connectivity index (χ4n) is 3.52. The van der Waals surface area contributed by atoms with E-state index < -0.39 is 0 Å². The van der Waals surface area contributed by atoms with Crippen molar-refractivity contribution in [1.82, 2.24) is 30.2 Å². The van der Waals surface area contributed by atoms with E-state index in [1.807, 2.05) is 49.6 Å². The second kappa shape index (κ2) is 10.6. The Morgan fingerprint density at radius 1 is 0.742 bits per heavy atom. The normalized spacial score (nSPS) is 11.2. The number of nitrogens with zero attached hydrogens (tertiary/aromatic N) is 4. The summed E-state index contributed by atoms with van der Waals surface area (Å²) in [5.41, 5.74) is 6.85. The number of H-pyrrole nitrogens is 1. The molecule has 0 aliphatic heterocycles. The lowest BCUT2D eigenvalue weighted by molar-refractivity contribution is 0.241. The molecule has 0 aliphatic rings. The van der Waals surface area contributed by atoms with Crippen LogP contribution in [0.4, 0.5) is 0 Å². The van der Waals surface area contributed by atoms with Gasteiger partial charge in [0.05, 0.1) is 29.1 Å². The van der Waals surface area contributed by atoms with E-state index in [-0.39, 0.29) is 0 Å². The van der Waals surface area contributed by atoms with Gasteiger partial charge in [-0.2, -0.15) is 0 Å². The predicted octanol–water partition coefficient (Wildman–Crippen LogP) is 4.00. The monoisotopic (exact) mass is 412 g/mol. The Kier molecular flexibility index (Phi) is 7.16. The molecule has 6 heteroatoms. The summed E-state index contributed by atoms with van der Waals surface area (Å²) in [6.07, 6.45) is 5.44. The largest absolute Gasteiger partial charge is 0.347 e. The van der Waals surface area contributed by atoms with Gasteiger partial charge in [-0.1, -0.05) is 36.4 Å². The highest BCUT2D eigenvalue weighted by Crippen LogP contribution is 2.14. The van der Waals surface area contributed by atoms with Crippen LogP contribution in [0.1, 0.15) is 33.9 Å². The summed E-state index contributed by atoms with van der Waals surface area (Å²) in [7, 11) is 0. The fourth-order valence-corrected chi connectivity index (χ4v) is 3.52. The first-order chi connectivity index (χ1) is 15.3. The molecule has 0 aliphatic carbocycles. The zero-order chi connectivity index (χ0) is 21.3. The van der Waals surface area contributed by atoms with Crippen molar-refractivity contribution in [2.24, 2.45) is 0 Å². The highest BCUT2D eigenvalue weighted by Gasteiger charge is 2.12. The molecule has 0 bridgehead atoms. The number of pyridine rings is 2. The van der Waals surface area contributed by atoms with Crippen molar-refractivity contribution in [3.05, 3.63) is 113 Å². The topological polar surface area (TPSA) is 69.7 Å². The Morgan fingerprint density at radius 2 is 1.45 bits per heavy atom. The standard InChI is InChI=1S/C25H28N6/c1-20-25(30-19-29-20)18-31(17-24-7-3-5-13-28-24)16-22-10-8-21(9-11-22)14-26-15-23-6-2-4-12-27-23/h2-13,19,26H,14-18H2,1H3,(H,29,30). The van der Waals surface area contributed by atoms with Gasteiger partial charge >= 0.3 is 0 Å². The molecule has 3 heterocycles. The number of hydrogen-bond donors (Lipinski definition) is 2. The molecule has 0 unspecified atom stereocenters. The molecule has 0 saturated heterocycles. The molecular formula is C25H28N6. The summed E-state index contributed by atoms with van der Waals surface area (Å²) in [5.74, 6) is 0. The van der Waals surface area contributed by atoms with Gasteiger partial charge in [-0.25, -0.2) is 4.98 Å². The number of aromatic nitrogens is 4. The second-order valence-corrected chi connectivity index (χ2v) is 7.67. The highest BCUT2D eigenvalue weighted by molar-refractivity contribution is 5.23. The van der Waals surface area contributed by atoms with E-state index in [9.17, 15) is 0 Å². The highest BCUT2D eigenvalue weighted by atomic mass is 15.1. The molecule has 0 saturated carbocycles. The number of benzene rings is 1. The van der Waals surface area contributed by atoms with Crippen LogP contribution < -0.4 is 5.32 Å². The molecule has 6 nitrogen and oxygen atoms in total. The summed E-state index contributed by atoms with van der Waals surface area (Å²) < 4.78 is 0. The number of imidazole rings is 1. The quantitative estimate of drug-likeness (QED) is 0.412. The van der Waals surface area contributed by atoms with Crippen LogP contribution in [0.2, 0.25) is 0 Å². The van der Waals surface area contributed by atoms with Crippen LogP contribution >= 0.6 is 0 Å². The van der Waals surface area contributed by atoms with E-state index in [1.54, 1.807) is 6.33 Å². The van der Waals surface area contributed by atoms with Gasteiger partial charge < -0.3 is 10.3 Å². The van der Waals surface area contributed by atoms with Gasteiger partial charge in [0, 0.05) is 45.1 Å². The summed E-state index contributed by atoms with van der Waals surface area (Å²) in [6, 6.07) is 20.9. The van der Waals surface area contributed by atoms with Crippen molar-refractivity contribution in [3.8, 4) is 0 Å². The number of hydrogen-bond acceptors (Lipinski definition) is 5. The molecule has 31 heavy (non-hydrogen) atoms. The first kappa shape index (κ1) is 20.9. The molecule has 158 valence electrons. The third-order valence-electron chi connectivity index (χ3n) is 5.22. The number of aromatic amines is 1. The van der Waals surface area contributed by atoms with Crippen LogP contribution in [0.25, 0.3) is 0 Å². The summed E-state index contributed by atoms with van der Waals surface area (Å²) >= 11 is 0. The third-order valence-corrected chi connectivity index (χ3v) is 5.22. The second-order valence-electron chi connectivity index (χ2n) is 7.67. The van der Waals surface area contributed by atoms with Gasteiger partial charge in [0.15, 0.2) is 0 Å². The van der Waals surface area contributed by atoms with Crippen LogP contribution in [0.15, 0.2) is 79.4 Å². The fraction of sp³-hybridized carbons (Fsp3) is 0.240. The maximum Gasteiger partial charge on any atom is 0.0925 e. The maximum atomic E-state index is 4.50. The number of rotatable bonds is 10. The van der Waals surface area contributed by atoms with Gasteiger partial charge in [0.2, 0.25) is 0 Å². The van der Waals surface area contributed by atoms with Crippen molar-refractivity contribution < 1.29 is 0 Å². The average molecular weight is 413 g/mol. The molecule has 4 aromatic rings. The lowest BCUT2D eigenvalue weighted by atomic mass is 10.1. The van der Waals surface area contributed by atoms with Crippen molar-refractivity contribution in [2.45, 2.75) is 39.6 Å². The smallest absolute Gasteiger partial charge is 0.0925 e. The lowest BCUT2D eigenvalue weighted by Crippen LogP contribution is -2.23. The molecule has 0 atom stereocenters. The number of aryl methyl sites for hydroxylation is 1. The summed E-state index contributed by atoms with van der Waals surface area (Å²) in [4.78, 5) is 18.8. The minimum atomic E-state index is 0.768. The molecule has 3 aromatic heterocycles. The Labute approximate surface area is 183 Å². The summed E-state index contributed by atoms with van der Waals surface area (Å²) in [5, 5.41) is 3.45. The number of nitrogens with one attached hydrogen (secondary N) is 2. The van der Waals surface area contributed by atoms with E-state index in [2.05, 4.69) is 60.5 Å². The predicted molar refractivity (Wildman–Crippen MR) is 122 cm³/mol. The van der Waals surface area contributed by atoms with Gasteiger partial charge in [0.25, 0.3) is 0 Å². The van der Waals surface area contributed by atoms with Gasteiger partial charge in [-0.15, -0.1) is 0 Å². The molecule has 4 rings (SSSR count). The van der Waals surface area contributed by atoms with Crippen LogP contribution in [0, 0.1) is 6.92 Å². The first-order valence-electron chi connectivity index (χ1n) is 10.6. The van der Waals surface area contributed by atoms with Crippen molar-refractivity contribution in [1.29, 1.82) is 0 Å². The van der Waals surface area contributed by atoms with Crippen LogP contribution in [-0.4, -0.2) is 24.8 Å². The van der Waals surface area contributed by atoms with Crippen molar-refractivity contribution >= 4 is 0 Å². The average Bonchev–Trinajstić information content (AvgIpc) is 3.20. The van der Waals surface area contributed by atoms with E-state index in [1.165, 1.54) is 11.1 Å². The minimum Gasteiger partial charge on any atom is -0.347 e. The molecule has 1 aromatic carbocycles. The molecule has 0 radical (unpaired) electrons.